The number of hydrogen-bond acceptors (Lipinski definition) is 3. The molecule has 0 N–H and O–H groups in total. The predicted molar refractivity (Wildman–Crippen MR) is 62.2 cm³/mol. The van der Waals surface area contributed by atoms with E-state index in [9.17, 15) is 0 Å². The first kappa shape index (κ1) is 11.8. The Bertz CT molecular complexity index is 304. The van der Waals surface area contributed by atoms with Gasteiger partial charge in [0.1, 0.15) is 5.03 Å². The number of halogens is 1. The van der Waals surface area contributed by atoms with E-state index in [1.54, 1.807) is 11.8 Å². The third-order valence-corrected chi connectivity index (χ3v) is 3.30. The number of aryl methyl sites for hydroxylation is 2. The fraction of sp³-hybridized carbons (Fsp3) is 0.600. The van der Waals surface area contributed by atoms with Crippen molar-refractivity contribution in [2.24, 2.45) is 0 Å². The number of rotatable bonds is 4. The summed E-state index contributed by atoms with van der Waals surface area (Å²) < 4.78 is 0. The number of aromatic nitrogens is 2. The molecule has 78 valence electrons. The van der Waals surface area contributed by atoms with Gasteiger partial charge in [0, 0.05) is 11.1 Å². The maximum atomic E-state index is 5.67. The largest absolute Gasteiger partial charge is 0.257 e. The van der Waals surface area contributed by atoms with Gasteiger partial charge >= 0.3 is 0 Å². The van der Waals surface area contributed by atoms with E-state index in [-0.39, 0.29) is 0 Å². The molecular formula is C10H15ClN2S. The summed E-state index contributed by atoms with van der Waals surface area (Å²) in [5.74, 6) is 0.701. The Labute approximate surface area is 94.5 Å². The molecule has 4 heteroatoms. The molecule has 0 aliphatic carbocycles. The molecule has 0 saturated heterocycles. The first-order valence-electron chi connectivity index (χ1n) is 4.66. The summed E-state index contributed by atoms with van der Waals surface area (Å²) in [6, 6.07) is 0. The van der Waals surface area contributed by atoms with Gasteiger partial charge in [0.2, 0.25) is 0 Å². The molecule has 1 aromatic heterocycles. The zero-order chi connectivity index (χ0) is 10.6. The Morgan fingerprint density at radius 3 is 2.71 bits per heavy atom. The summed E-state index contributed by atoms with van der Waals surface area (Å²) >= 11 is 7.40. The average molecular weight is 231 g/mol. The zero-order valence-electron chi connectivity index (χ0n) is 8.75. The van der Waals surface area contributed by atoms with Crippen molar-refractivity contribution < 1.29 is 0 Å². The molecule has 14 heavy (non-hydrogen) atoms. The second-order valence-corrected chi connectivity index (χ2v) is 5.12. The van der Waals surface area contributed by atoms with E-state index in [0.29, 0.717) is 11.1 Å². The Balaban J connectivity index is 2.63. The topological polar surface area (TPSA) is 25.8 Å². The molecule has 1 unspecified atom stereocenters. The SMILES string of the molecule is Cc1ncc(SC(C)CCCl)nc1C. The Hall–Kier alpha value is -0.280. The van der Waals surface area contributed by atoms with Gasteiger partial charge in [0.15, 0.2) is 0 Å². The van der Waals surface area contributed by atoms with Crippen LogP contribution in [0.4, 0.5) is 0 Å². The molecule has 0 saturated carbocycles. The van der Waals surface area contributed by atoms with Crippen molar-refractivity contribution in [3.63, 3.8) is 0 Å². The predicted octanol–water partition coefficient (Wildman–Crippen LogP) is 3.20. The number of thioether (sulfide) groups is 1. The van der Waals surface area contributed by atoms with Crippen LogP contribution in [0.3, 0.4) is 0 Å². The highest BCUT2D eigenvalue weighted by atomic mass is 35.5. The fourth-order valence-electron chi connectivity index (χ4n) is 0.996. The minimum Gasteiger partial charge on any atom is -0.257 e. The van der Waals surface area contributed by atoms with Crippen LogP contribution >= 0.6 is 23.4 Å². The van der Waals surface area contributed by atoms with Crippen LogP contribution in [0.5, 0.6) is 0 Å². The van der Waals surface area contributed by atoms with E-state index in [1.165, 1.54) is 0 Å². The molecule has 1 aromatic rings. The molecule has 1 heterocycles. The van der Waals surface area contributed by atoms with Gasteiger partial charge in [-0.15, -0.1) is 23.4 Å². The highest BCUT2D eigenvalue weighted by Crippen LogP contribution is 2.23. The minimum atomic E-state index is 0.504. The molecule has 0 radical (unpaired) electrons. The van der Waals surface area contributed by atoms with E-state index in [4.69, 9.17) is 11.6 Å². The minimum absolute atomic E-state index is 0.504. The van der Waals surface area contributed by atoms with Crippen molar-refractivity contribution in [3.8, 4) is 0 Å². The highest BCUT2D eigenvalue weighted by Gasteiger charge is 2.06. The van der Waals surface area contributed by atoms with Crippen molar-refractivity contribution in [2.45, 2.75) is 37.5 Å². The van der Waals surface area contributed by atoms with E-state index >= 15 is 0 Å². The van der Waals surface area contributed by atoms with Crippen LogP contribution in [0.25, 0.3) is 0 Å². The number of hydrogen-bond donors (Lipinski definition) is 0. The molecule has 0 aliphatic heterocycles. The lowest BCUT2D eigenvalue weighted by molar-refractivity contribution is 0.895. The van der Waals surface area contributed by atoms with E-state index in [0.717, 1.165) is 22.8 Å². The molecule has 0 amide bonds. The van der Waals surface area contributed by atoms with Gasteiger partial charge in [0.05, 0.1) is 17.6 Å². The van der Waals surface area contributed by atoms with Crippen LogP contribution in [-0.2, 0) is 0 Å². The lowest BCUT2D eigenvalue weighted by atomic mass is 10.4. The second kappa shape index (κ2) is 5.56. The Morgan fingerprint density at radius 2 is 2.14 bits per heavy atom. The standard InChI is InChI=1S/C10H15ClN2S/c1-7(4-5-11)14-10-6-12-8(2)9(3)13-10/h6-7H,4-5H2,1-3H3. The van der Waals surface area contributed by atoms with E-state index < -0.39 is 0 Å². The lowest BCUT2D eigenvalue weighted by Gasteiger charge is -2.08. The highest BCUT2D eigenvalue weighted by molar-refractivity contribution is 7.99. The van der Waals surface area contributed by atoms with Crippen LogP contribution in [0.15, 0.2) is 11.2 Å². The smallest absolute Gasteiger partial charge is 0.115 e. The van der Waals surface area contributed by atoms with Gasteiger partial charge in [-0.25, -0.2) is 4.98 Å². The summed E-state index contributed by atoms with van der Waals surface area (Å²) in [5.41, 5.74) is 2.01. The molecule has 2 nitrogen and oxygen atoms in total. The summed E-state index contributed by atoms with van der Waals surface area (Å²) in [7, 11) is 0. The molecule has 0 spiro atoms. The molecule has 0 aliphatic rings. The van der Waals surface area contributed by atoms with Crippen molar-refractivity contribution >= 4 is 23.4 Å². The van der Waals surface area contributed by atoms with Gasteiger partial charge in [-0.1, -0.05) is 6.92 Å². The molecule has 0 bridgehead atoms. The molecular weight excluding hydrogens is 216 g/mol. The Kier molecular flexibility index (Phi) is 4.69. The van der Waals surface area contributed by atoms with Crippen LogP contribution in [-0.4, -0.2) is 21.1 Å². The van der Waals surface area contributed by atoms with Crippen LogP contribution in [0.2, 0.25) is 0 Å². The first-order chi connectivity index (χ1) is 6.63. The molecule has 1 atom stereocenters. The molecule has 1 rings (SSSR count). The monoisotopic (exact) mass is 230 g/mol. The summed E-state index contributed by atoms with van der Waals surface area (Å²) in [4.78, 5) is 8.73. The Morgan fingerprint density at radius 1 is 1.43 bits per heavy atom. The zero-order valence-corrected chi connectivity index (χ0v) is 10.3. The summed E-state index contributed by atoms with van der Waals surface area (Å²) in [6.07, 6.45) is 2.83. The fourth-order valence-corrected chi connectivity index (χ4v) is 2.40. The van der Waals surface area contributed by atoms with Crippen LogP contribution in [0, 0.1) is 13.8 Å². The number of nitrogens with zero attached hydrogens (tertiary/aromatic N) is 2. The van der Waals surface area contributed by atoms with Gasteiger partial charge < -0.3 is 0 Å². The molecule has 0 aromatic carbocycles. The van der Waals surface area contributed by atoms with Gasteiger partial charge in [-0.3, -0.25) is 4.98 Å². The van der Waals surface area contributed by atoms with Gasteiger partial charge in [0.25, 0.3) is 0 Å². The van der Waals surface area contributed by atoms with Crippen LogP contribution < -0.4 is 0 Å². The summed E-state index contributed by atoms with van der Waals surface area (Å²) in [6.45, 7) is 6.11. The average Bonchev–Trinajstić information content (AvgIpc) is 2.12. The maximum Gasteiger partial charge on any atom is 0.115 e. The van der Waals surface area contributed by atoms with Crippen molar-refractivity contribution in [2.75, 3.05) is 5.88 Å². The number of alkyl halides is 1. The quantitative estimate of drug-likeness (QED) is 0.587. The first-order valence-corrected chi connectivity index (χ1v) is 6.07. The van der Waals surface area contributed by atoms with Gasteiger partial charge in [-0.05, 0) is 20.3 Å². The second-order valence-electron chi connectivity index (χ2n) is 3.29. The molecule has 0 fully saturated rings. The summed E-state index contributed by atoms with van der Waals surface area (Å²) in [5, 5.41) is 1.50. The van der Waals surface area contributed by atoms with Crippen LogP contribution in [0.1, 0.15) is 24.7 Å². The van der Waals surface area contributed by atoms with Crippen molar-refractivity contribution in [1.82, 2.24) is 9.97 Å². The van der Waals surface area contributed by atoms with Gasteiger partial charge in [-0.2, -0.15) is 0 Å². The van der Waals surface area contributed by atoms with Crippen molar-refractivity contribution in [1.29, 1.82) is 0 Å². The third kappa shape index (κ3) is 3.46. The van der Waals surface area contributed by atoms with E-state index in [2.05, 4.69) is 16.9 Å². The third-order valence-electron chi connectivity index (χ3n) is 2.01. The lowest BCUT2D eigenvalue weighted by Crippen LogP contribution is -1.99. The van der Waals surface area contributed by atoms with Crippen molar-refractivity contribution in [3.05, 3.63) is 17.6 Å². The normalized spacial score (nSPS) is 12.9. The van der Waals surface area contributed by atoms with E-state index in [1.807, 2.05) is 20.0 Å². The maximum absolute atomic E-state index is 5.67.